The monoisotopic (exact) mass is 389 g/mol. The van der Waals surface area contributed by atoms with Crippen LogP contribution in [-0.2, 0) is 21.3 Å². The number of rotatable bonds is 8. The van der Waals surface area contributed by atoms with Gasteiger partial charge in [-0.15, -0.1) is 0 Å². The molecule has 1 aromatic heterocycles. The first-order chi connectivity index (χ1) is 12.9. The summed E-state index contributed by atoms with van der Waals surface area (Å²) in [4.78, 5) is 29.9. The van der Waals surface area contributed by atoms with Crippen LogP contribution in [0.2, 0.25) is 0 Å². The van der Waals surface area contributed by atoms with E-state index in [1.54, 1.807) is 31.4 Å². The number of ether oxygens (including phenoxy) is 1. The fourth-order valence-electron chi connectivity index (χ4n) is 2.72. The van der Waals surface area contributed by atoms with Crippen molar-refractivity contribution in [2.45, 2.75) is 17.9 Å². The Kier molecular flexibility index (Phi) is 5.64. The van der Waals surface area contributed by atoms with E-state index < -0.39 is 21.8 Å². The maximum atomic E-state index is 12.4. The second kappa shape index (κ2) is 7.95. The zero-order chi connectivity index (χ0) is 19.4. The summed E-state index contributed by atoms with van der Waals surface area (Å²) in [6.45, 7) is 0.798. The minimum atomic E-state index is -3.61. The van der Waals surface area contributed by atoms with Crippen molar-refractivity contribution < 1.29 is 22.7 Å². The van der Waals surface area contributed by atoms with E-state index in [9.17, 15) is 18.0 Å². The molecule has 1 aliphatic rings. The standard InChI is InChI=1S/C18H19N3O5S/c1-26-11-3-10-20-27(24,25)14-7-5-13(6-8-14)12-21-17(22)15-4-2-9-19-16(15)18(21)23/h2,4-9,20H,3,10-12H2,1H3. The van der Waals surface area contributed by atoms with Gasteiger partial charge in [0.05, 0.1) is 17.0 Å². The molecular weight excluding hydrogens is 370 g/mol. The van der Waals surface area contributed by atoms with Gasteiger partial charge in [0.15, 0.2) is 0 Å². The largest absolute Gasteiger partial charge is 0.385 e. The molecule has 142 valence electrons. The normalized spacial score (nSPS) is 13.9. The van der Waals surface area contributed by atoms with Crippen LogP contribution in [0.3, 0.4) is 0 Å². The summed E-state index contributed by atoms with van der Waals surface area (Å²) >= 11 is 0. The summed E-state index contributed by atoms with van der Waals surface area (Å²) in [5.41, 5.74) is 1.06. The van der Waals surface area contributed by atoms with Crippen LogP contribution in [0.4, 0.5) is 0 Å². The number of fused-ring (bicyclic) bond motifs is 1. The number of pyridine rings is 1. The molecule has 0 aliphatic carbocycles. The van der Waals surface area contributed by atoms with Gasteiger partial charge in [-0.3, -0.25) is 19.5 Å². The van der Waals surface area contributed by atoms with E-state index in [1.807, 2.05) is 0 Å². The molecule has 1 aromatic carbocycles. The Hall–Kier alpha value is -2.62. The minimum absolute atomic E-state index is 0.0512. The molecule has 8 nitrogen and oxygen atoms in total. The van der Waals surface area contributed by atoms with Gasteiger partial charge in [-0.05, 0) is 36.2 Å². The van der Waals surface area contributed by atoms with E-state index in [4.69, 9.17) is 4.74 Å². The molecule has 2 aromatic rings. The number of methoxy groups -OCH3 is 1. The second-order valence-electron chi connectivity index (χ2n) is 5.98. The maximum absolute atomic E-state index is 12.4. The first kappa shape index (κ1) is 19.2. The molecule has 0 saturated carbocycles. The summed E-state index contributed by atoms with van der Waals surface area (Å²) in [6, 6.07) is 9.23. The van der Waals surface area contributed by atoms with Crippen molar-refractivity contribution in [1.29, 1.82) is 0 Å². The van der Waals surface area contributed by atoms with E-state index >= 15 is 0 Å². The van der Waals surface area contributed by atoms with Crippen molar-refractivity contribution in [2.24, 2.45) is 0 Å². The molecule has 0 atom stereocenters. The Morgan fingerprint density at radius 1 is 1.11 bits per heavy atom. The van der Waals surface area contributed by atoms with Gasteiger partial charge in [-0.1, -0.05) is 12.1 Å². The van der Waals surface area contributed by atoms with Gasteiger partial charge in [-0.25, -0.2) is 13.1 Å². The predicted octanol–water partition coefficient (Wildman–Crippen LogP) is 1.19. The van der Waals surface area contributed by atoms with Crippen molar-refractivity contribution in [1.82, 2.24) is 14.6 Å². The summed E-state index contributed by atoms with van der Waals surface area (Å²) in [6.07, 6.45) is 2.04. The molecule has 9 heteroatoms. The fraction of sp³-hybridized carbons (Fsp3) is 0.278. The SMILES string of the molecule is COCCCNS(=O)(=O)c1ccc(CN2C(=O)c3cccnc3C2=O)cc1. The third-order valence-electron chi connectivity index (χ3n) is 4.12. The minimum Gasteiger partial charge on any atom is -0.385 e. The number of nitrogens with zero attached hydrogens (tertiary/aromatic N) is 2. The second-order valence-corrected chi connectivity index (χ2v) is 7.75. The van der Waals surface area contributed by atoms with Crippen molar-refractivity contribution in [2.75, 3.05) is 20.3 Å². The Labute approximate surface area is 157 Å². The van der Waals surface area contributed by atoms with Crippen LogP contribution in [0, 0.1) is 0 Å². The first-order valence-electron chi connectivity index (χ1n) is 8.33. The Morgan fingerprint density at radius 2 is 1.85 bits per heavy atom. The third kappa shape index (κ3) is 4.05. The van der Waals surface area contributed by atoms with Crippen LogP contribution in [-0.4, -0.2) is 50.4 Å². The summed E-state index contributed by atoms with van der Waals surface area (Å²) in [7, 11) is -2.06. The summed E-state index contributed by atoms with van der Waals surface area (Å²) in [5.74, 6) is -0.855. The van der Waals surface area contributed by atoms with Gasteiger partial charge in [0, 0.05) is 26.5 Å². The molecule has 0 saturated heterocycles. The molecule has 2 amide bonds. The lowest BCUT2D eigenvalue weighted by atomic mass is 10.2. The lowest BCUT2D eigenvalue weighted by Crippen LogP contribution is -2.29. The van der Waals surface area contributed by atoms with Crippen molar-refractivity contribution in [3.63, 3.8) is 0 Å². The smallest absolute Gasteiger partial charge is 0.280 e. The lowest BCUT2D eigenvalue weighted by Gasteiger charge is -2.14. The number of aromatic nitrogens is 1. The van der Waals surface area contributed by atoms with Crippen molar-refractivity contribution in [3.8, 4) is 0 Å². The average molecular weight is 389 g/mol. The molecule has 1 aliphatic heterocycles. The number of imide groups is 1. The van der Waals surface area contributed by atoms with Crippen LogP contribution in [0.1, 0.15) is 32.8 Å². The number of benzene rings is 1. The van der Waals surface area contributed by atoms with Crippen LogP contribution >= 0.6 is 0 Å². The van der Waals surface area contributed by atoms with E-state index in [-0.39, 0.29) is 29.2 Å². The van der Waals surface area contributed by atoms with Gasteiger partial charge in [0.25, 0.3) is 11.8 Å². The molecule has 0 spiro atoms. The van der Waals surface area contributed by atoms with Gasteiger partial charge in [0.2, 0.25) is 10.0 Å². The van der Waals surface area contributed by atoms with E-state index in [0.717, 1.165) is 4.90 Å². The third-order valence-corrected chi connectivity index (χ3v) is 5.60. The first-order valence-corrected chi connectivity index (χ1v) is 9.81. The van der Waals surface area contributed by atoms with Gasteiger partial charge in [0.1, 0.15) is 5.69 Å². The van der Waals surface area contributed by atoms with Gasteiger partial charge in [-0.2, -0.15) is 0 Å². The molecule has 3 rings (SSSR count). The number of hydrogen-bond acceptors (Lipinski definition) is 6. The molecule has 0 bridgehead atoms. The van der Waals surface area contributed by atoms with Gasteiger partial charge >= 0.3 is 0 Å². The van der Waals surface area contributed by atoms with Crippen molar-refractivity contribution in [3.05, 3.63) is 59.4 Å². The molecule has 0 fully saturated rings. The number of carbonyl (C=O) groups is 2. The number of hydrogen-bond donors (Lipinski definition) is 1. The van der Waals surface area contributed by atoms with Crippen LogP contribution in [0.5, 0.6) is 0 Å². The summed E-state index contributed by atoms with van der Waals surface area (Å²) in [5, 5.41) is 0. The fourth-order valence-corrected chi connectivity index (χ4v) is 3.79. The highest BCUT2D eigenvalue weighted by Crippen LogP contribution is 2.23. The van der Waals surface area contributed by atoms with Crippen LogP contribution < -0.4 is 4.72 Å². The molecule has 2 heterocycles. The van der Waals surface area contributed by atoms with Gasteiger partial charge < -0.3 is 4.74 Å². The predicted molar refractivity (Wildman–Crippen MR) is 96.6 cm³/mol. The molecular formula is C18H19N3O5S. The molecule has 0 radical (unpaired) electrons. The van der Waals surface area contributed by atoms with E-state index in [0.29, 0.717) is 18.6 Å². The number of amides is 2. The molecule has 0 unspecified atom stereocenters. The Balaban J connectivity index is 1.68. The highest BCUT2D eigenvalue weighted by molar-refractivity contribution is 7.89. The lowest BCUT2D eigenvalue weighted by molar-refractivity contribution is 0.0640. The van der Waals surface area contributed by atoms with E-state index in [1.165, 1.54) is 18.3 Å². The van der Waals surface area contributed by atoms with Crippen LogP contribution in [0.15, 0.2) is 47.5 Å². The highest BCUT2D eigenvalue weighted by atomic mass is 32.2. The average Bonchev–Trinajstić information content (AvgIpc) is 2.91. The zero-order valence-corrected chi connectivity index (χ0v) is 15.5. The number of nitrogens with one attached hydrogen (secondary N) is 1. The quantitative estimate of drug-likeness (QED) is 0.537. The highest BCUT2D eigenvalue weighted by Gasteiger charge is 2.36. The van der Waals surface area contributed by atoms with E-state index in [2.05, 4.69) is 9.71 Å². The topological polar surface area (TPSA) is 106 Å². The Morgan fingerprint density at radius 3 is 2.52 bits per heavy atom. The summed E-state index contributed by atoms with van der Waals surface area (Å²) < 4.78 is 31.8. The molecule has 27 heavy (non-hydrogen) atoms. The van der Waals surface area contributed by atoms with Crippen LogP contribution in [0.25, 0.3) is 0 Å². The maximum Gasteiger partial charge on any atom is 0.280 e. The molecule has 1 N–H and O–H groups in total. The number of sulfonamides is 1. The number of carbonyl (C=O) groups excluding carboxylic acids is 2. The zero-order valence-electron chi connectivity index (χ0n) is 14.7. The van der Waals surface area contributed by atoms with Crippen molar-refractivity contribution >= 4 is 21.8 Å². The Bertz CT molecular complexity index is 922.